The second-order valence-electron chi connectivity index (χ2n) is 5.23. The van der Waals surface area contributed by atoms with Crippen LogP contribution in [-0.2, 0) is 10.0 Å². The Morgan fingerprint density at radius 2 is 1.85 bits per heavy atom. The average Bonchev–Trinajstić information content (AvgIpc) is 2.22. The number of sulfonamides is 1. The quantitative estimate of drug-likeness (QED) is 0.778. The Labute approximate surface area is 124 Å². The van der Waals surface area contributed by atoms with Crippen molar-refractivity contribution in [2.45, 2.75) is 19.4 Å². The maximum absolute atomic E-state index is 11.2. The van der Waals surface area contributed by atoms with Crippen LogP contribution < -0.4 is 14.9 Å². The lowest BCUT2D eigenvalue weighted by Crippen LogP contribution is -2.48. The normalized spacial score (nSPS) is 12.3. The summed E-state index contributed by atoms with van der Waals surface area (Å²) in [7, 11) is 0.271. The van der Waals surface area contributed by atoms with Crippen molar-refractivity contribution in [1.29, 1.82) is 0 Å². The molecule has 114 valence electrons. The highest BCUT2D eigenvalue weighted by Crippen LogP contribution is 2.12. The van der Waals surface area contributed by atoms with E-state index in [-0.39, 0.29) is 11.2 Å². The highest BCUT2D eigenvalue weighted by molar-refractivity contribution is 7.88. The van der Waals surface area contributed by atoms with E-state index in [0.29, 0.717) is 12.5 Å². The van der Waals surface area contributed by atoms with Crippen LogP contribution in [0.1, 0.15) is 13.8 Å². The van der Waals surface area contributed by atoms with Crippen LogP contribution in [0.25, 0.3) is 0 Å². The van der Waals surface area contributed by atoms with Crippen LogP contribution in [0.3, 0.4) is 0 Å². The molecular formula is C10H19ClN6O2S. The van der Waals surface area contributed by atoms with Gasteiger partial charge in [0, 0.05) is 26.2 Å². The smallest absolute Gasteiger partial charge is 0.230 e. The lowest BCUT2D eigenvalue weighted by molar-refractivity contribution is 0.475. The van der Waals surface area contributed by atoms with E-state index in [2.05, 4.69) is 25.0 Å². The first-order chi connectivity index (χ1) is 8.98. The Morgan fingerprint density at radius 1 is 1.25 bits per heavy atom. The molecule has 0 aliphatic rings. The van der Waals surface area contributed by atoms with Gasteiger partial charge in [0.2, 0.25) is 27.2 Å². The van der Waals surface area contributed by atoms with E-state index >= 15 is 0 Å². The van der Waals surface area contributed by atoms with Gasteiger partial charge in [-0.25, -0.2) is 13.1 Å². The molecule has 0 saturated heterocycles. The number of nitrogens with zero attached hydrogens (tertiary/aromatic N) is 4. The van der Waals surface area contributed by atoms with Crippen LogP contribution in [0.2, 0.25) is 5.28 Å². The van der Waals surface area contributed by atoms with E-state index in [4.69, 9.17) is 11.6 Å². The lowest BCUT2D eigenvalue weighted by atomic mass is 10.1. The van der Waals surface area contributed by atoms with Gasteiger partial charge in [0.05, 0.1) is 6.26 Å². The maximum Gasteiger partial charge on any atom is 0.230 e. The molecule has 1 aromatic rings. The molecule has 1 rings (SSSR count). The zero-order chi connectivity index (χ0) is 15.6. The minimum atomic E-state index is -3.29. The van der Waals surface area contributed by atoms with Gasteiger partial charge < -0.3 is 10.2 Å². The van der Waals surface area contributed by atoms with Crippen molar-refractivity contribution < 1.29 is 8.42 Å². The molecule has 0 fully saturated rings. The van der Waals surface area contributed by atoms with Gasteiger partial charge in [0.15, 0.2) is 0 Å². The molecule has 2 N–H and O–H groups in total. The fourth-order valence-corrected chi connectivity index (χ4v) is 2.69. The molecular weight excluding hydrogens is 304 g/mol. The molecule has 1 aromatic heterocycles. The first-order valence-corrected chi connectivity index (χ1v) is 8.07. The standard InChI is InChI=1S/C10H19ClN6O2S/c1-10(2,16-20(5,18)19)6-12-8-13-7(11)14-9(15-8)17(3)4/h16H,6H2,1-5H3,(H,12,13,14,15). The zero-order valence-corrected chi connectivity index (χ0v) is 13.7. The lowest BCUT2D eigenvalue weighted by Gasteiger charge is -2.25. The topological polar surface area (TPSA) is 100 Å². The molecule has 20 heavy (non-hydrogen) atoms. The summed E-state index contributed by atoms with van der Waals surface area (Å²) >= 11 is 5.81. The van der Waals surface area contributed by atoms with Gasteiger partial charge in [-0.05, 0) is 25.4 Å². The first kappa shape index (κ1) is 16.9. The zero-order valence-electron chi connectivity index (χ0n) is 12.1. The van der Waals surface area contributed by atoms with Gasteiger partial charge in [-0.2, -0.15) is 15.0 Å². The molecule has 0 aliphatic heterocycles. The number of nitrogens with one attached hydrogen (secondary N) is 2. The predicted molar refractivity (Wildman–Crippen MR) is 79.7 cm³/mol. The molecule has 0 radical (unpaired) electrons. The Kier molecular flexibility index (Phi) is 5.11. The van der Waals surface area contributed by atoms with Gasteiger partial charge in [-0.3, -0.25) is 0 Å². The number of rotatable bonds is 6. The van der Waals surface area contributed by atoms with Crippen molar-refractivity contribution in [3.8, 4) is 0 Å². The fourth-order valence-electron chi connectivity index (χ4n) is 1.46. The molecule has 0 spiro atoms. The molecule has 0 amide bonds. The molecule has 0 saturated carbocycles. The molecule has 1 heterocycles. The number of halogens is 1. The second kappa shape index (κ2) is 6.06. The van der Waals surface area contributed by atoms with Crippen molar-refractivity contribution >= 4 is 33.5 Å². The van der Waals surface area contributed by atoms with Crippen molar-refractivity contribution in [1.82, 2.24) is 19.7 Å². The summed E-state index contributed by atoms with van der Waals surface area (Å²) in [5.41, 5.74) is -0.690. The molecule has 8 nitrogen and oxygen atoms in total. The van der Waals surface area contributed by atoms with Gasteiger partial charge in [-0.15, -0.1) is 0 Å². The molecule has 0 aromatic carbocycles. The number of anilines is 2. The summed E-state index contributed by atoms with van der Waals surface area (Å²) in [5, 5.41) is 3.01. The van der Waals surface area contributed by atoms with Crippen LogP contribution in [0, 0.1) is 0 Å². The van der Waals surface area contributed by atoms with E-state index in [9.17, 15) is 8.42 Å². The Hall–Kier alpha value is -1.19. The number of hydrogen-bond donors (Lipinski definition) is 2. The van der Waals surface area contributed by atoms with Crippen molar-refractivity contribution in [3.05, 3.63) is 5.28 Å². The van der Waals surface area contributed by atoms with E-state index in [0.717, 1.165) is 6.26 Å². The summed E-state index contributed by atoms with van der Waals surface area (Å²) in [4.78, 5) is 13.8. The second-order valence-corrected chi connectivity index (χ2v) is 7.32. The van der Waals surface area contributed by atoms with Crippen LogP contribution in [0.15, 0.2) is 0 Å². The van der Waals surface area contributed by atoms with Gasteiger partial charge in [0.1, 0.15) is 0 Å². The summed E-state index contributed by atoms with van der Waals surface area (Å²) in [6, 6.07) is 0. The Morgan fingerprint density at radius 3 is 2.35 bits per heavy atom. The van der Waals surface area contributed by atoms with Crippen molar-refractivity contribution in [2.75, 3.05) is 37.1 Å². The highest BCUT2D eigenvalue weighted by Gasteiger charge is 2.22. The minimum Gasteiger partial charge on any atom is -0.352 e. The van der Waals surface area contributed by atoms with Crippen LogP contribution >= 0.6 is 11.6 Å². The SMILES string of the molecule is CN(C)c1nc(Cl)nc(NCC(C)(C)NS(C)(=O)=O)n1. The van der Waals surface area contributed by atoms with Gasteiger partial charge >= 0.3 is 0 Å². The molecule has 0 aliphatic carbocycles. The Balaban J connectivity index is 2.79. The highest BCUT2D eigenvalue weighted by atomic mass is 35.5. The minimum absolute atomic E-state index is 0.0695. The third-order valence-corrected chi connectivity index (χ3v) is 3.24. The summed E-state index contributed by atoms with van der Waals surface area (Å²) in [5.74, 6) is 0.707. The van der Waals surface area contributed by atoms with Crippen molar-refractivity contribution in [3.63, 3.8) is 0 Å². The Bertz CT molecular complexity index is 575. The summed E-state index contributed by atoms with van der Waals surface area (Å²) in [6.07, 6.45) is 1.11. The molecule has 10 heteroatoms. The van der Waals surface area contributed by atoms with Crippen LogP contribution in [0.4, 0.5) is 11.9 Å². The number of hydrogen-bond acceptors (Lipinski definition) is 7. The third-order valence-electron chi connectivity index (χ3n) is 2.15. The largest absolute Gasteiger partial charge is 0.352 e. The predicted octanol–water partition coefficient (Wildman–Crippen LogP) is 0.331. The average molecular weight is 323 g/mol. The van der Waals surface area contributed by atoms with E-state index < -0.39 is 15.6 Å². The van der Waals surface area contributed by atoms with E-state index in [1.165, 1.54) is 0 Å². The van der Waals surface area contributed by atoms with Crippen LogP contribution in [0.5, 0.6) is 0 Å². The summed E-state index contributed by atoms with van der Waals surface area (Å²) < 4.78 is 25.0. The van der Waals surface area contributed by atoms with Gasteiger partial charge in [-0.1, -0.05) is 0 Å². The monoisotopic (exact) mass is 322 g/mol. The summed E-state index contributed by atoms with van der Waals surface area (Å²) in [6.45, 7) is 3.79. The van der Waals surface area contributed by atoms with Gasteiger partial charge in [0.25, 0.3) is 0 Å². The van der Waals surface area contributed by atoms with Crippen molar-refractivity contribution in [2.24, 2.45) is 0 Å². The van der Waals surface area contributed by atoms with E-state index in [1.54, 1.807) is 32.8 Å². The molecule has 0 bridgehead atoms. The maximum atomic E-state index is 11.2. The molecule has 0 atom stereocenters. The molecule has 0 unspecified atom stereocenters. The van der Waals surface area contributed by atoms with Crippen LogP contribution in [-0.4, -0.2) is 55.8 Å². The van der Waals surface area contributed by atoms with E-state index in [1.807, 2.05) is 0 Å². The third kappa shape index (κ3) is 5.85. The number of aromatic nitrogens is 3. The fraction of sp³-hybridized carbons (Fsp3) is 0.700. The first-order valence-electron chi connectivity index (χ1n) is 5.80.